The van der Waals surface area contributed by atoms with Gasteiger partial charge in [0, 0.05) is 0 Å². The molecule has 0 bridgehead atoms. The van der Waals surface area contributed by atoms with Gasteiger partial charge in [-0.15, -0.1) is 0 Å². The number of nitrogens with zero attached hydrogens (tertiary/aromatic N) is 3. The highest BCUT2D eigenvalue weighted by Gasteiger charge is 2.17. The number of H-pyrrole nitrogens is 1. The summed E-state index contributed by atoms with van der Waals surface area (Å²) in [6.45, 7) is 0. The van der Waals surface area contributed by atoms with Crippen LogP contribution in [0.2, 0.25) is 0 Å². The number of hydrogen-bond donors (Lipinski definition) is 2. The van der Waals surface area contributed by atoms with Gasteiger partial charge in [-0.25, -0.2) is 14.5 Å². The second-order valence-electron chi connectivity index (χ2n) is 6.49. The summed E-state index contributed by atoms with van der Waals surface area (Å²) in [6, 6.07) is 5.83. The molecule has 3 aromatic rings. The van der Waals surface area contributed by atoms with Crippen molar-refractivity contribution in [2.45, 2.75) is 38.0 Å². The fraction of sp³-hybridized carbons (Fsp3) is 0.333. The Hall–Kier alpha value is -3.16. The van der Waals surface area contributed by atoms with Gasteiger partial charge in [0.1, 0.15) is 0 Å². The molecule has 8 heteroatoms. The summed E-state index contributed by atoms with van der Waals surface area (Å²) in [5.41, 5.74) is 1.51. The van der Waals surface area contributed by atoms with Crippen molar-refractivity contribution in [3.05, 3.63) is 46.5 Å². The number of benzene rings is 1. The molecule has 134 valence electrons. The highest BCUT2D eigenvalue weighted by atomic mass is 16.7. The molecule has 4 rings (SSSR count). The van der Waals surface area contributed by atoms with E-state index in [1.807, 2.05) is 18.2 Å². The van der Waals surface area contributed by atoms with E-state index in [0.29, 0.717) is 16.8 Å². The van der Waals surface area contributed by atoms with E-state index in [1.165, 1.54) is 41.9 Å². The number of aromatic nitrogens is 4. The molecule has 0 spiro atoms. The summed E-state index contributed by atoms with van der Waals surface area (Å²) in [5, 5.41) is 13.2. The molecule has 8 nitrogen and oxygen atoms in total. The molecule has 0 unspecified atom stereocenters. The molecule has 1 fully saturated rings. The lowest BCUT2D eigenvalue weighted by molar-refractivity contribution is 0.144. The fourth-order valence-electron chi connectivity index (χ4n) is 3.52. The third kappa shape index (κ3) is 3.17. The van der Waals surface area contributed by atoms with Crippen LogP contribution in [0.5, 0.6) is 5.75 Å². The Balaban J connectivity index is 1.69. The first-order chi connectivity index (χ1) is 12.6. The largest absolute Gasteiger partial charge is 0.511 e. The van der Waals surface area contributed by atoms with E-state index in [-0.39, 0.29) is 17.3 Å². The smallest absolute Gasteiger partial charge is 0.449 e. The molecule has 2 heterocycles. The van der Waals surface area contributed by atoms with Crippen molar-refractivity contribution < 1.29 is 14.6 Å². The van der Waals surface area contributed by atoms with E-state index in [0.717, 1.165) is 12.8 Å². The van der Waals surface area contributed by atoms with Crippen LogP contribution < -0.4 is 10.3 Å². The van der Waals surface area contributed by atoms with E-state index in [1.54, 1.807) is 0 Å². The van der Waals surface area contributed by atoms with E-state index in [9.17, 15) is 9.59 Å². The zero-order chi connectivity index (χ0) is 18.1. The van der Waals surface area contributed by atoms with Crippen molar-refractivity contribution in [1.29, 1.82) is 0 Å². The molecule has 0 saturated heterocycles. The molecule has 1 saturated carbocycles. The van der Waals surface area contributed by atoms with Gasteiger partial charge in [0.2, 0.25) is 5.95 Å². The Bertz CT molecular complexity index is 1020. The minimum absolute atomic E-state index is 0.0490. The lowest BCUT2D eigenvalue weighted by atomic mass is 9.84. The maximum Gasteiger partial charge on any atom is 0.511 e. The SMILES string of the molecule is O=C(O)Oc1cnn(-c2nc3ccc(C4CCCCC4)cc3c(=O)[nH]2)c1. The third-order valence-electron chi connectivity index (χ3n) is 4.77. The molecular formula is C18H18N4O4. The van der Waals surface area contributed by atoms with E-state index >= 15 is 0 Å². The van der Waals surface area contributed by atoms with E-state index < -0.39 is 6.16 Å². The predicted octanol–water partition coefficient (Wildman–Crippen LogP) is 3.21. The van der Waals surface area contributed by atoms with Gasteiger partial charge in [0.05, 0.1) is 23.3 Å². The summed E-state index contributed by atoms with van der Waals surface area (Å²) in [4.78, 5) is 30.2. The summed E-state index contributed by atoms with van der Waals surface area (Å²) in [6.07, 6.45) is 7.22. The number of aromatic amines is 1. The molecule has 2 N–H and O–H groups in total. The minimum atomic E-state index is -1.43. The first-order valence-corrected chi connectivity index (χ1v) is 8.60. The van der Waals surface area contributed by atoms with Crippen LogP contribution in [0.25, 0.3) is 16.9 Å². The lowest BCUT2D eigenvalue weighted by Crippen LogP contribution is -2.14. The van der Waals surface area contributed by atoms with Crippen molar-refractivity contribution in [3.8, 4) is 11.7 Å². The molecule has 0 aliphatic heterocycles. The quantitative estimate of drug-likeness (QED) is 0.699. The van der Waals surface area contributed by atoms with Gasteiger partial charge in [-0.1, -0.05) is 25.3 Å². The number of fused-ring (bicyclic) bond motifs is 1. The van der Waals surface area contributed by atoms with Gasteiger partial charge in [-0.2, -0.15) is 5.10 Å². The molecule has 2 aromatic heterocycles. The van der Waals surface area contributed by atoms with Crippen molar-refractivity contribution >= 4 is 17.1 Å². The normalized spacial score (nSPS) is 15.2. The average molecular weight is 354 g/mol. The Kier molecular flexibility index (Phi) is 4.16. The van der Waals surface area contributed by atoms with Crippen LogP contribution in [-0.2, 0) is 0 Å². The zero-order valence-electron chi connectivity index (χ0n) is 14.0. The zero-order valence-corrected chi connectivity index (χ0v) is 14.0. The number of carboxylic acid groups (broad SMARTS) is 1. The van der Waals surface area contributed by atoms with Gasteiger partial charge in [-0.05, 0) is 36.5 Å². The topological polar surface area (TPSA) is 110 Å². The maximum absolute atomic E-state index is 12.5. The monoisotopic (exact) mass is 354 g/mol. The molecule has 26 heavy (non-hydrogen) atoms. The Morgan fingerprint density at radius 1 is 1.27 bits per heavy atom. The van der Waals surface area contributed by atoms with Crippen molar-refractivity contribution in [3.63, 3.8) is 0 Å². The van der Waals surface area contributed by atoms with Gasteiger partial charge in [0.15, 0.2) is 5.75 Å². The first kappa shape index (κ1) is 16.3. The second-order valence-corrected chi connectivity index (χ2v) is 6.49. The van der Waals surface area contributed by atoms with Crippen molar-refractivity contribution in [2.75, 3.05) is 0 Å². The van der Waals surface area contributed by atoms with Crippen LogP contribution in [0.1, 0.15) is 43.6 Å². The Morgan fingerprint density at radius 2 is 2.08 bits per heavy atom. The number of nitrogens with one attached hydrogen (secondary N) is 1. The molecule has 1 aromatic carbocycles. The van der Waals surface area contributed by atoms with Crippen LogP contribution in [-0.4, -0.2) is 31.0 Å². The summed E-state index contributed by atoms with van der Waals surface area (Å²) in [7, 11) is 0. The number of hydrogen-bond acceptors (Lipinski definition) is 5. The van der Waals surface area contributed by atoms with Gasteiger partial charge < -0.3 is 9.84 Å². The standard InChI is InChI=1S/C18H18N4O4/c23-16-14-8-12(11-4-2-1-3-5-11)6-7-15(14)20-17(21-16)22-10-13(9-19-22)26-18(24)25/h6-11H,1-5H2,(H,24,25)(H,20,21,23). The third-order valence-corrected chi connectivity index (χ3v) is 4.77. The molecule has 1 aliphatic rings. The maximum atomic E-state index is 12.5. The van der Waals surface area contributed by atoms with Crippen LogP contribution in [0.15, 0.2) is 35.4 Å². The van der Waals surface area contributed by atoms with Crippen LogP contribution in [0, 0.1) is 0 Å². The highest BCUT2D eigenvalue weighted by molar-refractivity contribution is 5.79. The van der Waals surface area contributed by atoms with Crippen molar-refractivity contribution in [1.82, 2.24) is 19.7 Å². The second kappa shape index (κ2) is 6.62. The van der Waals surface area contributed by atoms with E-state index in [2.05, 4.69) is 19.8 Å². The van der Waals surface area contributed by atoms with Crippen LogP contribution in [0.4, 0.5) is 4.79 Å². The lowest BCUT2D eigenvalue weighted by Gasteiger charge is -2.22. The first-order valence-electron chi connectivity index (χ1n) is 8.60. The average Bonchev–Trinajstić information content (AvgIpc) is 3.10. The summed E-state index contributed by atoms with van der Waals surface area (Å²) in [5.74, 6) is 0.759. The minimum Gasteiger partial charge on any atom is -0.449 e. The van der Waals surface area contributed by atoms with Crippen LogP contribution >= 0.6 is 0 Å². The molecule has 1 aliphatic carbocycles. The molecule has 0 amide bonds. The fourth-order valence-corrected chi connectivity index (χ4v) is 3.52. The number of carbonyl (C=O) groups is 1. The predicted molar refractivity (Wildman–Crippen MR) is 94.0 cm³/mol. The highest BCUT2D eigenvalue weighted by Crippen LogP contribution is 2.33. The van der Waals surface area contributed by atoms with Gasteiger partial charge in [-0.3, -0.25) is 9.78 Å². The van der Waals surface area contributed by atoms with Gasteiger partial charge in [0.25, 0.3) is 5.56 Å². The molecule has 0 atom stereocenters. The Morgan fingerprint density at radius 3 is 2.85 bits per heavy atom. The summed E-state index contributed by atoms with van der Waals surface area (Å²) < 4.78 is 5.80. The Labute approximate surface area is 148 Å². The molecule has 0 radical (unpaired) electrons. The van der Waals surface area contributed by atoms with E-state index in [4.69, 9.17) is 5.11 Å². The molecular weight excluding hydrogens is 336 g/mol. The number of ether oxygens (including phenoxy) is 1. The van der Waals surface area contributed by atoms with Crippen LogP contribution in [0.3, 0.4) is 0 Å². The number of rotatable bonds is 3. The van der Waals surface area contributed by atoms with Crippen molar-refractivity contribution in [2.24, 2.45) is 0 Å². The summed E-state index contributed by atoms with van der Waals surface area (Å²) >= 11 is 0. The van der Waals surface area contributed by atoms with Gasteiger partial charge >= 0.3 is 6.16 Å².